The lowest BCUT2D eigenvalue weighted by atomic mass is 10.1. The van der Waals surface area contributed by atoms with Gasteiger partial charge in [-0.3, -0.25) is 9.82 Å². The monoisotopic (exact) mass is 261 g/mol. The standard InChI is InChI=1S/C15H23N3O/c1-2-4-15(3-1)19-17-13-7-11-18(12-8-13)14-5-9-16-10-6-14/h5-6,9-10,13,15,17H,1-4,7-8,11-12H2. The molecule has 0 amide bonds. The van der Waals surface area contributed by atoms with E-state index < -0.39 is 0 Å². The molecule has 4 heteroatoms. The van der Waals surface area contributed by atoms with Crippen LogP contribution in [0.3, 0.4) is 0 Å². The third-order valence-electron chi connectivity index (χ3n) is 4.23. The zero-order chi connectivity index (χ0) is 12.9. The smallest absolute Gasteiger partial charge is 0.0790 e. The molecule has 3 rings (SSSR count). The molecule has 2 heterocycles. The molecule has 1 aromatic heterocycles. The lowest BCUT2D eigenvalue weighted by Gasteiger charge is -2.34. The fourth-order valence-corrected chi connectivity index (χ4v) is 3.01. The van der Waals surface area contributed by atoms with Crippen LogP contribution in [0.2, 0.25) is 0 Å². The molecule has 2 fully saturated rings. The summed E-state index contributed by atoms with van der Waals surface area (Å²) >= 11 is 0. The maximum Gasteiger partial charge on any atom is 0.0790 e. The first kappa shape index (κ1) is 12.9. The quantitative estimate of drug-likeness (QED) is 0.845. The summed E-state index contributed by atoms with van der Waals surface area (Å²) in [6, 6.07) is 4.68. The number of piperidine rings is 1. The summed E-state index contributed by atoms with van der Waals surface area (Å²) in [6.45, 7) is 2.19. The van der Waals surface area contributed by atoms with Crippen molar-refractivity contribution in [3.8, 4) is 0 Å². The third kappa shape index (κ3) is 3.45. The van der Waals surface area contributed by atoms with Crippen molar-refractivity contribution in [3.63, 3.8) is 0 Å². The van der Waals surface area contributed by atoms with E-state index in [1.54, 1.807) is 0 Å². The number of anilines is 1. The summed E-state index contributed by atoms with van der Waals surface area (Å²) in [4.78, 5) is 12.3. The van der Waals surface area contributed by atoms with E-state index in [-0.39, 0.29) is 0 Å². The number of hydroxylamine groups is 1. The van der Waals surface area contributed by atoms with Crippen LogP contribution in [0.1, 0.15) is 38.5 Å². The van der Waals surface area contributed by atoms with Crippen molar-refractivity contribution in [1.82, 2.24) is 10.5 Å². The van der Waals surface area contributed by atoms with Crippen LogP contribution in [-0.4, -0.2) is 30.2 Å². The van der Waals surface area contributed by atoms with Crippen LogP contribution in [0.15, 0.2) is 24.5 Å². The normalized spacial score (nSPS) is 22.0. The largest absolute Gasteiger partial charge is 0.371 e. The molecule has 0 atom stereocenters. The zero-order valence-electron chi connectivity index (χ0n) is 11.4. The van der Waals surface area contributed by atoms with Crippen molar-refractivity contribution in [1.29, 1.82) is 0 Å². The Kier molecular flexibility index (Phi) is 4.30. The number of nitrogens with one attached hydrogen (secondary N) is 1. The summed E-state index contributed by atoms with van der Waals surface area (Å²) < 4.78 is 0. The molecule has 0 aromatic carbocycles. The number of rotatable bonds is 4. The third-order valence-corrected chi connectivity index (χ3v) is 4.23. The molecule has 2 aliphatic rings. The fourth-order valence-electron chi connectivity index (χ4n) is 3.01. The highest BCUT2D eigenvalue weighted by atomic mass is 16.7. The van der Waals surface area contributed by atoms with Crippen molar-refractivity contribution >= 4 is 5.69 Å². The van der Waals surface area contributed by atoms with Crippen molar-refractivity contribution in [2.75, 3.05) is 18.0 Å². The first-order valence-electron chi connectivity index (χ1n) is 7.48. The average Bonchev–Trinajstić information content (AvgIpc) is 3.00. The van der Waals surface area contributed by atoms with E-state index in [1.165, 1.54) is 31.4 Å². The summed E-state index contributed by atoms with van der Waals surface area (Å²) in [6.07, 6.45) is 11.6. The van der Waals surface area contributed by atoms with E-state index in [1.807, 2.05) is 12.4 Å². The fraction of sp³-hybridized carbons (Fsp3) is 0.667. The van der Waals surface area contributed by atoms with Gasteiger partial charge in [0.05, 0.1) is 6.10 Å². The minimum absolute atomic E-state index is 0.457. The number of hydrogen-bond acceptors (Lipinski definition) is 4. The minimum Gasteiger partial charge on any atom is -0.371 e. The molecular weight excluding hydrogens is 238 g/mol. The van der Waals surface area contributed by atoms with Crippen LogP contribution in [0.25, 0.3) is 0 Å². The van der Waals surface area contributed by atoms with Gasteiger partial charge in [0.1, 0.15) is 0 Å². The molecule has 0 radical (unpaired) electrons. The van der Waals surface area contributed by atoms with Crippen molar-refractivity contribution in [2.45, 2.75) is 50.7 Å². The predicted octanol–water partition coefficient (Wildman–Crippen LogP) is 2.51. The van der Waals surface area contributed by atoms with E-state index >= 15 is 0 Å². The Balaban J connectivity index is 1.42. The highest BCUT2D eigenvalue weighted by molar-refractivity contribution is 5.44. The lowest BCUT2D eigenvalue weighted by molar-refractivity contribution is -0.0438. The average molecular weight is 261 g/mol. The van der Waals surface area contributed by atoms with Crippen LogP contribution in [0.4, 0.5) is 5.69 Å². The molecule has 0 bridgehead atoms. The molecule has 104 valence electrons. The molecule has 0 unspecified atom stereocenters. The predicted molar refractivity (Wildman–Crippen MR) is 75.9 cm³/mol. The number of aromatic nitrogens is 1. The Hall–Kier alpha value is -1.13. The van der Waals surface area contributed by atoms with E-state index in [9.17, 15) is 0 Å². The van der Waals surface area contributed by atoms with Gasteiger partial charge in [-0.1, -0.05) is 12.8 Å². The summed E-state index contributed by atoms with van der Waals surface area (Å²) in [5.74, 6) is 0. The van der Waals surface area contributed by atoms with Crippen molar-refractivity contribution < 1.29 is 4.84 Å². The van der Waals surface area contributed by atoms with Gasteiger partial charge in [0.2, 0.25) is 0 Å². The second-order valence-electron chi connectivity index (χ2n) is 5.61. The summed E-state index contributed by atoms with van der Waals surface area (Å²) in [7, 11) is 0. The van der Waals surface area contributed by atoms with Crippen LogP contribution in [0, 0.1) is 0 Å². The highest BCUT2D eigenvalue weighted by Gasteiger charge is 2.22. The second kappa shape index (κ2) is 6.35. The maximum atomic E-state index is 5.80. The van der Waals surface area contributed by atoms with Gasteiger partial charge in [0.15, 0.2) is 0 Å². The van der Waals surface area contributed by atoms with Gasteiger partial charge in [-0.25, -0.2) is 0 Å². The topological polar surface area (TPSA) is 37.4 Å². The van der Waals surface area contributed by atoms with Gasteiger partial charge < -0.3 is 4.90 Å². The van der Waals surface area contributed by atoms with Gasteiger partial charge in [0, 0.05) is 37.2 Å². The van der Waals surface area contributed by atoms with Crippen LogP contribution in [0.5, 0.6) is 0 Å². The summed E-state index contributed by atoms with van der Waals surface area (Å²) in [5.41, 5.74) is 4.58. The van der Waals surface area contributed by atoms with E-state index in [2.05, 4.69) is 27.5 Å². The Bertz CT molecular complexity index is 370. The Morgan fingerprint density at radius 1 is 1.05 bits per heavy atom. The molecule has 0 spiro atoms. The lowest BCUT2D eigenvalue weighted by Crippen LogP contribution is -2.43. The minimum atomic E-state index is 0.457. The van der Waals surface area contributed by atoms with Gasteiger partial charge in [-0.05, 0) is 37.8 Å². The Labute approximate surface area is 115 Å². The molecule has 19 heavy (non-hydrogen) atoms. The van der Waals surface area contributed by atoms with E-state index in [4.69, 9.17) is 4.84 Å². The van der Waals surface area contributed by atoms with Gasteiger partial charge in [-0.15, -0.1) is 0 Å². The Morgan fingerprint density at radius 2 is 1.74 bits per heavy atom. The first-order chi connectivity index (χ1) is 9.42. The Morgan fingerprint density at radius 3 is 2.42 bits per heavy atom. The van der Waals surface area contributed by atoms with Gasteiger partial charge in [0.25, 0.3) is 0 Å². The molecule has 1 aliphatic heterocycles. The number of hydrogen-bond donors (Lipinski definition) is 1. The number of pyridine rings is 1. The molecule has 1 saturated carbocycles. The van der Waals surface area contributed by atoms with Gasteiger partial charge in [-0.2, -0.15) is 5.48 Å². The van der Waals surface area contributed by atoms with Crippen molar-refractivity contribution in [2.24, 2.45) is 0 Å². The van der Waals surface area contributed by atoms with E-state index in [0.29, 0.717) is 12.1 Å². The first-order valence-corrected chi connectivity index (χ1v) is 7.48. The highest BCUT2D eigenvalue weighted by Crippen LogP contribution is 2.22. The molecule has 1 saturated heterocycles. The number of nitrogens with zero attached hydrogens (tertiary/aromatic N) is 2. The van der Waals surface area contributed by atoms with Crippen molar-refractivity contribution in [3.05, 3.63) is 24.5 Å². The second-order valence-corrected chi connectivity index (χ2v) is 5.61. The molecule has 1 aromatic rings. The molecule has 1 aliphatic carbocycles. The van der Waals surface area contributed by atoms with Crippen LogP contribution < -0.4 is 10.4 Å². The van der Waals surface area contributed by atoms with Crippen LogP contribution >= 0.6 is 0 Å². The molecular formula is C15H23N3O. The summed E-state index contributed by atoms with van der Waals surface area (Å²) in [5, 5.41) is 0. The van der Waals surface area contributed by atoms with E-state index in [0.717, 1.165) is 25.9 Å². The molecule has 4 nitrogen and oxygen atoms in total. The molecule has 1 N–H and O–H groups in total. The SMILES string of the molecule is c1cc(N2CCC(NOC3CCCC3)CC2)ccn1. The maximum absolute atomic E-state index is 5.80. The van der Waals surface area contributed by atoms with Gasteiger partial charge >= 0.3 is 0 Å². The zero-order valence-corrected chi connectivity index (χ0v) is 11.4. The van der Waals surface area contributed by atoms with Crippen LogP contribution in [-0.2, 0) is 4.84 Å².